The van der Waals surface area contributed by atoms with Crippen LogP contribution in [0.15, 0.2) is 0 Å². The van der Waals surface area contributed by atoms with E-state index in [1.54, 1.807) is 0 Å². The second-order valence-corrected chi connectivity index (χ2v) is 14.2. The number of urea groups is 2. The molecule has 10 heteroatoms. The number of nitrogens with one attached hydrogen (secondary N) is 4. The number of hydrogen-bond acceptors (Lipinski definition) is 6. The second-order valence-electron chi connectivity index (χ2n) is 14.2. The van der Waals surface area contributed by atoms with Gasteiger partial charge in [0.25, 0.3) is 0 Å². The molecule has 4 N–H and O–H groups in total. The van der Waals surface area contributed by atoms with Crippen LogP contribution in [0.25, 0.3) is 0 Å². The SMILES string of the molecule is CC1(C)CC(NCN2C(=O)N3CN(C4CC(C)(C)NC(C)(C)C4)CN4C(=O)NC2C43)CC(C)(C)N1. The van der Waals surface area contributed by atoms with E-state index in [-0.39, 0.29) is 46.5 Å². The summed E-state index contributed by atoms with van der Waals surface area (Å²) in [5, 5.41) is 14.2. The Kier molecular flexibility index (Phi) is 5.68. The van der Waals surface area contributed by atoms with Crippen molar-refractivity contribution >= 4 is 12.1 Å². The molecule has 5 aliphatic heterocycles. The molecule has 0 saturated carbocycles. The molecule has 0 aromatic carbocycles. The van der Waals surface area contributed by atoms with E-state index in [0.29, 0.717) is 32.1 Å². The molecule has 2 unspecified atom stereocenters. The van der Waals surface area contributed by atoms with Crippen LogP contribution in [0.2, 0.25) is 0 Å². The van der Waals surface area contributed by atoms with E-state index >= 15 is 0 Å². The van der Waals surface area contributed by atoms with E-state index < -0.39 is 0 Å². The lowest BCUT2D eigenvalue weighted by atomic mass is 9.79. The van der Waals surface area contributed by atoms with Crippen molar-refractivity contribution in [2.45, 2.75) is 128 Å². The minimum absolute atomic E-state index is 0.000446. The molecule has 5 rings (SSSR count). The minimum atomic E-state index is -0.312. The maximum Gasteiger partial charge on any atom is 0.325 e. The van der Waals surface area contributed by atoms with Gasteiger partial charge in [-0.25, -0.2) is 9.59 Å². The zero-order valence-corrected chi connectivity index (χ0v) is 22.9. The molecule has 5 aliphatic rings. The molecule has 5 saturated heterocycles. The van der Waals surface area contributed by atoms with Gasteiger partial charge in [-0.1, -0.05) is 0 Å². The van der Waals surface area contributed by atoms with Crippen LogP contribution >= 0.6 is 0 Å². The Hall–Kier alpha value is -1.62. The summed E-state index contributed by atoms with van der Waals surface area (Å²) in [6, 6.07) is 0.523. The summed E-state index contributed by atoms with van der Waals surface area (Å²) in [5.41, 5.74) is 0.0588. The Bertz CT molecular complexity index is 855. The zero-order chi connectivity index (χ0) is 25.6. The summed E-state index contributed by atoms with van der Waals surface area (Å²) in [7, 11) is 0. The predicted molar refractivity (Wildman–Crippen MR) is 135 cm³/mol. The van der Waals surface area contributed by atoms with E-state index in [9.17, 15) is 9.59 Å². The van der Waals surface area contributed by atoms with E-state index in [1.165, 1.54) is 0 Å². The van der Waals surface area contributed by atoms with Gasteiger partial charge in [-0.3, -0.25) is 24.9 Å². The van der Waals surface area contributed by atoms with Crippen molar-refractivity contribution in [3.63, 3.8) is 0 Å². The molecular weight excluding hydrogens is 444 g/mol. The lowest BCUT2D eigenvalue weighted by Gasteiger charge is -2.52. The quantitative estimate of drug-likeness (QED) is 0.480. The summed E-state index contributed by atoms with van der Waals surface area (Å²) in [6.45, 7) is 19.5. The monoisotopic (exact) mass is 490 g/mol. The highest BCUT2D eigenvalue weighted by Crippen LogP contribution is 2.37. The largest absolute Gasteiger partial charge is 0.325 e. The third kappa shape index (κ3) is 4.74. The third-order valence-electron chi connectivity index (χ3n) is 8.37. The van der Waals surface area contributed by atoms with Crippen molar-refractivity contribution in [1.29, 1.82) is 0 Å². The zero-order valence-electron chi connectivity index (χ0n) is 22.9. The Morgan fingerprint density at radius 2 is 1.31 bits per heavy atom. The number of rotatable bonds is 4. The molecule has 0 aromatic rings. The topological polar surface area (TPSA) is 95.2 Å². The number of carbonyl (C=O) groups is 2. The first-order chi connectivity index (χ1) is 16.0. The van der Waals surface area contributed by atoms with Crippen molar-refractivity contribution in [2.75, 3.05) is 20.0 Å². The van der Waals surface area contributed by atoms with Crippen molar-refractivity contribution in [2.24, 2.45) is 0 Å². The van der Waals surface area contributed by atoms with Crippen LogP contribution in [0.4, 0.5) is 9.59 Å². The summed E-state index contributed by atoms with van der Waals surface area (Å²) in [6.07, 6.45) is 3.39. The van der Waals surface area contributed by atoms with Gasteiger partial charge in [-0.2, -0.15) is 0 Å². The summed E-state index contributed by atoms with van der Waals surface area (Å²) in [5.74, 6) is 0. The first kappa shape index (κ1) is 25.0. The molecule has 0 spiro atoms. The van der Waals surface area contributed by atoms with E-state index in [4.69, 9.17) is 0 Å². The Balaban J connectivity index is 1.30. The van der Waals surface area contributed by atoms with Gasteiger partial charge in [0.1, 0.15) is 6.17 Å². The van der Waals surface area contributed by atoms with Gasteiger partial charge in [-0.15, -0.1) is 0 Å². The average molecular weight is 491 g/mol. The smallest absolute Gasteiger partial charge is 0.314 e. The van der Waals surface area contributed by atoms with Gasteiger partial charge >= 0.3 is 12.1 Å². The number of hydrogen-bond donors (Lipinski definition) is 4. The Morgan fingerprint density at radius 3 is 1.89 bits per heavy atom. The molecule has 5 heterocycles. The fourth-order valence-electron chi connectivity index (χ4n) is 7.89. The van der Waals surface area contributed by atoms with Gasteiger partial charge in [0.2, 0.25) is 0 Å². The predicted octanol–water partition coefficient (Wildman–Crippen LogP) is 1.80. The molecular formula is C25H46N8O2. The highest BCUT2D eigenvalue weighted by atomic mass is 16.2. The third-order valence-corrected chi connectivity index (χ3v) is 8.37. The van der Waals surface area contributed by atoms with Gasteiger partial charge in [-0.05, 0) is 81.1 Å². The van der Waals surface area contributed by atoms with Crippen LogP contribution in [0, 0.1) is 0 Å². The van der Waals surface area contributed by atoms with E-state index in [2.05, 4.69) is 81.6 Å². The van der Waals surface area contributed by atoms with Crippen LogP contribution in [-0.4, -0.2) is 98.2 Å². The summed E-state index contributed by atoms with van der Waals surface area (Å²) < 4.78 is 0. The van der Waals surface area contributed by atoms with Crippen LogP contribution in [-0.2, 0) is 0 Å². The van der Waals surface area contributed by atoms with Gasteiger partial charge in [0.15, 0.2) is 6.17 Å². The number of carbonyl (C=O) groups excluding carboxylic acids is 2. The molecule has 2 atom stereocenters. The molecule has 0 radical (unpaired) electrons. The lowest BCUT2D eigenvalue weighted by molar-refractivity contribution is -0.0548. The number of nitrogens with zero attached hydrogens (tertiary/aromatic N) is 4. The molecule has 10 nitrogen and oxygen atoms in total. The number of piperidine rings is 2. The van der Waals surface area contributed by atoms with Gasteiger partial charge < -0.3 is 16.0 Å². The maximum atomic E-state index is 13.6. The fraction of sp³-hybridized carbons (Fsp3) is 0.920. The summed E-state index contributed by atoms with van der Waals surface area (Å²) in [4.78, 5) is 34.5. The molecule has 5 fully saturated rings. The van der Waals surface area contributed by atoms with Crippen LogP contribution in [0.5, 0.6) is 0 Å². The molecule has 0 bridgehead atoms. The Labute approximate surface area is 210 Å². The highest BCUT2D eigenvalue weighted by Gasteiger charge is 2.58. The van der Waals surface area contributed by atoms with Crippen molar-refractivity contribution in [3.05, 3.63) is 0 Å². The van der Waals surface area contributed by atoms with Crippen molar-refractivity contribution in [3.8, 4) is 0 Å². The minimum Gasteiger partial charge on any atom is -0.314 e. The first-order valence-corrected chi connectivity index (χ1v) is 13.3. The van der Waals surface area contributed by atoms with Gasteiger partial charge in [0.05, 0.1) is 20.0 Å². The number of amides is 4. The Morgan fingerprint density at radius 1 is 0.800 bits per heavy atom. The first-order valence-electron chi connectivity index (χ1n) is 13.3. The normalized spacial score (nSPS) is 34.3. The standard InChI is InChI=1S/C25H46N8O2/c1-22(2)9-16(10-23(3,4)28-22)26-13-31-18-19-32(20(34)27-18)14-30(15-33(19)21(31)35)17-11-24(5,6)29-25(7,8)12-17/h16-19,26,28-29H,9-15H2,1-8H3,(H,27,34). The molecule has 0 aromatic heterocycles. The van der Waals surface area contributed by atoms with Crippen LogP contribution in [0.1, 0.15) is 81.1 Å². The highest BCUT2D eigenvalue weighted by molar-refractivity contribution is 5.85. The average Bonchev–Trinajstić information content (AvgIpc) is 3.12. The maximum absolute atomic E-state index is 13.6. The van der Waals surface area contributed by atoms with Gasteiger partial charge in [0, 0.05) is 34.2 Å². The van der Waals surface area contributed by atoms with E-state index in [0.717, 1.165) is 25.7 Å². The second kappa shape index (κ2) is 7.94. The molecule has 35 heavy (non-hydrogen) atoms. The van der Waals surface area contributed by atoms with Crippen LogP contribution in [0.3, 0.4) is 0 Å². The van der Waals surface area contributed by atoms with Crippen molar-refractivity contribution < 1.29 is 9.59 Å². The van der Waals surface area contributed by atoms with Crippen LogP contribution < -0.4 is 21.3 Å². The molecule has 4 amide bonds. The van der Waals surface area contributed by atoms with Crippen molar-refractivity contribution in [1.82, 2.24) is 40.9 Å². The summed E-state index contributed by atoms with van der Waals surface area (Å²) >= 11 is 0. The molecule has 0 aliphatic carbocycles. The fourth-order valence-corrected chi connectivity index (χ4v) is 7.89. The van der Waals surface area contributed by atoms with E-state index in [1.807, 2.05) is 14.7 Å². The lowest BCUT2D eigenvalue weighted by Crippen LogP contribution is -2.67. The molecule has 198 valence electrons.